The van der Waals surface area contributed by atoms with Crippen LogP contribution in [0.25, 0.3) is 21.6 Å². The second-order valence-corrected chi connectivity index (χ2v) is 19.2. The lowest BCUT2D eigenvalue weighted by molar-refractivity contribution is -0.139. The topological polar surface area (TPSA) is 160 Å². The molecule has 1 saturated heterocycles. The third-order valence-electron chi connectivity index (χ3n) is 11.8. The van der Waals surface area contributed by atoms with Crippen molar-refractivity contribution in [3.8, 4) is 22.2 Å². The van der Waals surface area contributed by atoms with Gasteiger partial charge in [0.15, 0.2) is 5.78 Å². The zero-order chi connectivity index (χ0) is 42.1. The molecule has 2 amide bonds. The highest BCUT2D eigenvalue weighted by Crippen LogP contribution is 2.57. The molecule has 7 rings (SSSR count). The van der Waals surface area contributed by atoms with Gasteiger partial charge in [-0.15, -0.1) is 11.3 Å². The number of thiazole rings is 1. The van der Waals surface area contributed by atoms with E-state index < -0.39 is 39.7 Å². The Hall–Kier alpha value is -4.86. The summed E-state index contributed by atoms with van der Waals surface area (Å²) in [5, 5.41) is 6.99. The zero-order valence-electron chi connectivity index (χ0n) is 34.6. The number of rotatable bonds is 10. The molecule has 2 fully saturated rings. The van der Waals surface area contributed by atoms with Crippen LogP contribution in [0.1, 0.15) is 82.4 Å². The highest BCUT2D eigenvalue weighted by atomic mass is 32.2. The summed E-state index contributed by atoms with van der Waals surface area (Å²) in [7, 11) is 0.189. The standard InChI is InChI=1S/C44H54N6O7S2/c1-27(2)35-26-58-41(47-35)34-22-39(32-19-20-38(56-6)28(3)40(32)46-34)57-31-21-36-37(51)24-44(43(53)48-59(54,55)49(4)5)23-29(44)15-11-8-7-9-14-18-33(42(52)50(36)25-31)45-30-16-12-10-13-17-30/h10-13,15-17,19-20,22,26-27,29,31,33,36,45H,7-9,14,18,21,23-25H2,1-6H3,(H,48,53)/b15-11-/t29-,31+,33-,36-,44+/m0/s1. The number of aromatic nitrogens is 2. The number of aryl methyl sites for hydroxylation is 1. The molecule has 2 aliphatic heterocycles. The number of ether oxygens (including phenoxy) is 2. The van der Waals surface area contributed by atoms with Crippen molar-refractivity contribution in [1.29, 1.82) is 0 Å². The minimum Gasteiger partial charge on any atom is -0.496 e. The minimum atomic E-state index is -4.11. The molecule has 2 N–H and O–H groups in total. The number of hydrogen-bond acceptors (Lipinski definition) is 11. The van der Waals surface area contributed by atoms with Gasteiger partial charge in [-0.05, 0) is 68.7 Å². The van der Waals surface area contributed by atoms with Crippen molar-refractivity contribution in [2.75, 3.05) is 33.1 Å². The first-order valence-electron chi connectivity index (χ1n) is 20.4. The molecule has 0 radical (unpaired) electrons. The average molecular weight is 843 g/mol. The van der Waals surface area contributed by atoms with Crippen LogP contribution in [0.3, 0.4) is 0 Å². The lowest BCUT2D eigenvalue weighted by Gasteiger charge is -2.30. The van der Waals surface area contributed by atoms with E-state index in [1.165, 1.54) is 25.4 Å². The van der Waals surface area contributed by atoms with Crippen molar-refractivity contribution in [2.24, 2.45) is 11.3 Å². The second-order valence-electron chi connectivity index (χ2n) is 16.5. The molecule has 1 aliphatic carbocycles. The van der Waals surface area contributed by atoms with E-state index in [-0.39, 0.29) is 42.9 Å². The van der Waals surface area contributed by atoms with Gasteiger partial charge in [-0.3, -0.25) is 14.4 Å². The molecular weight excluding hydrogens is 789 g/mol. The molecule has 2 aromatic carbocycles. The van der Waals surface area contributed by atoms with Crippen LogP contribution in [-0.4, -0.2) is 91.1 Å². The predicted molar refractivity (Wildman–Crippen MR) is 230 cm³/mol. The monoisotopic (exact) mass is 842 g/mol. The maximum Gasteiger partial charge on any atom is 0.303 e. The number of nitrogens with zero attached hydrogens (tertiary/aromatic N) is 4. The molecule has 0 spiro atoms. The first kappa shape index (κ1) is 42.3. The van der Waals surface area contributed by atoms with Crippen LogP contribution in [-0.2, 0) is 24.6 Å². The molecular formula is C44H54N6O7S2. The number of carbonyl (C=O) groups excluding carboxylic acids is 3. The van der Waals surface area contributed by atoms with E-state index in [9.17, 15) is 22.8 Å². The van der Waals surface area contributed by atoms with Gasteiger partial charge >= 0.3 is 10.2 Å². The van der Waals surface area contributed by atoms with Gasteiger partial charge in [0.25, 0.3) is 0 Å². The first-order chi connectivity index (χ1) is 28.2. The highest BCUT2D eigenvalue weighted by molar-refractivity contribution is 7.87. The number of pyridine rings is 1. The number of benzene rings is 2. The van der Waals surface area contributed by atoms with E-state index in [0.717, 1.165) is 57.3 Å². The predicted octanol–water partition coefficient (Wildman–Crippen LogP) is 7.04. The van der Waals surface area contributed by atoms with E-state index in [2.05, 4.69) is 23.9 Å². The Labute approximate surface area is 350 Å². The molecule has 0 bridgehead atoms. The van der Waals surface area contributed by atoms with Crippen LogP contribution in [0.5, 0.6) is 11.5 Å². The van der Waals surface area contributed by atoms with Gasteiger partial charge in [0.1, 0.15) is 34.3 Å². The Bertz CT molecular complexity index is 2350. The number of allylic oxidation sites excluding steroid dienone is 2. The Morgan fingerprint density at radius 1 is 1.05 bits per heavy atom. The smallest absolute Gasteiger partial charge is 0.303 e. The fourth-order valence-electron chi connectivity index (χ4n) is 8.20. The Balaban J connectivity index is 1.26. The van der Waals surface area contributed by atoms with Crippen molar-refractivity contribution in [2.45, 2.75) is 96.2 Å². The summed E-state index contributed by atoms with van der Waals surface area (Å²) in [6.45, 7) is 6.26. The van der Waals surface area contributed by atoms with Crippen molar-refractivity contribution in [3.05, 3.63) is 77.3 Å². The first-order valence-corrected chi connectivity index (χ1v) is 22.7. The van der Waals surface area contributed by atoms with Crippen LogP contribution >= 0.6 is 11.3 Å². The van der Waals surface area contributed by atoms with Gasteiger partial charge in [0.05, 0.1) is 36.3 Å². The molecule has 59 heavy (non-hydrogen) atoms. The molecule has 3 aliphatic rings. The summed E-state index contributed by atoms with van der Waals surface area (Å²) in [6, 6.07) is 13.7. The molecule has 1 saturated carbocycles. The summed E-state index contributed by atoms with van der Waals surface area (Å²) in [5.41, 5.74) is 2.67. The largest absolute Gasteiger partial charge is 0.496 e. The van der Waals surface area contributed by atoms with Crippen LogP contribution in [0.15, 0.2) is 66.1 Å². The van der Waals surface area contributed by atoms with Crippen LogP contribution in [0, 0.1) is 18.3 Å². The molecule has 2 aromatic heterocycles. The van der Waals surface area contributed by atoms with Gasteiger partial charge in [-0.25, -0.2) is 14.7 Å². The van der Waals surface area contributed by atoms with Gasteiger partial charge in [0.2, 0.25) is 11.8 Å². The van der Waals surface area contributed by atoms with Gasteiger partial charge in [0, 0.05) is 55.0 Å². The summed E-state index contributed by atoms with van der Waals surface area (Å²) < 4.78 is 41.4. The Morgan fingerprint density at radius 2 is 1.83 bits per heavy atom. The van der Waals surface area contributed by atoms with Gasteiger partial charge in [-0.2, -0.15) is 12.7 Å². The third kappa shape index (κ3) is 9.02. The van der Waals surface area contributed by atoms with E-state index in [1.807, 2.05) is 73.0 Å². The summed E-state index contributed by atoms with van der Waals surface area (Å²) in [4.78, 5) is 55.0. The molecule has 15 heteroatoms. The van der Waals surface area contributed by atoms with E-state index >= 15 is 0 Å². The lowest BCUT2D eigenvalue weighted by atomic mass is 9.91. The number of nitrogens with one attached hydrogen (secondary N) is 2. The van der Waals surface area contributed by atoms with Crippen LogP contribution in [0.2, 0.25) is 0 Å². The maximum atomic E-state index is 14.9. The summed E-state index contributed by atoms with van der Waals surface area (Å²) >= 11 is 1.51. The third-order valence-corrected chi connectivity index (χ3v) is 14.1. The van der Waals surface area contributed by atoms with E-state index in [1.54, 1.807) is 12.0 Å². The van der Waals surface area contributed by atoms with Crippen LogP contribution in [0.4, 0.5) is 5.69 Å². The number of Topliss-reactive ketones (excluding diaryl/α,β-unsaturated/α-hetero) is 1. The average Bonchev–Trinajstić information content (AvgIpc) is 3.49. The summed E-state index contributed by atoms with van der Waals surface area (Å²) in [6.07, 6.45) is 7.56. The lowest BCUT2D eigenvalue weighted by Crippen LogP contribution is -2.49. The normalized spacial score (nSPS) is 24.6. The SMILES string of the molecule is COc1ccc2c(O[C@@H]3C[C@H]4C(=O)C[C@]5(C(=O)NS(=O)(=O)N(C)C)C[C@@H]5/C=C\CCCCC[C@H](Nc5ccccc5)C(=O)N4C3)cc(-c3nc(C(C)C)cs3)nc2c1C. The minimum absolute atomic E-state index is 0.128. The van der Waals surface area contributed by atoms with Gasteiger partial charge < -0.3 is 19.7 Å². The van der Waals surface area contributed by atoms with Crippen molar-refractivity contribution in [1.82, 2.24) is 23.9 Å². The number of carbonyl (C=O) groups is 3. The molecule has 4 heterocycles. The molecule has 314 valence electrons. The quantitative estimate of drug-likeness (QED) is 0.159. The van der Waals surface area contributed by atoms with Gasteiger partial charge in [-0.1, -0.05) is 57.0 Å². The van der Waals surface area contributed by atoms with Crippen molar-refractivity contribution >= 4 is 55.7 Å². The van der Waals surface area contributed by atoms with E-state index in [0.29, 0.717) is 35.6 Å². The number of hydrogen-bond donors (Lipinski definition) is 2. The molecule has 5 atom stereocenters. The van der Waals surface area contributed by atoms with Crippen molar-refractivity contribution in [3.63, 3.8) is 0 Å². The number of amides is 2. The number of fused-ring (bicyclic) bond motifs is 3. The highest BCUT2D eigenvalue weighted by Gasteiger charge is 2.61. The Morgan fingerprint density at radius 3 is 2.54 bits per heavy atom. The fourth-order valence-corrected chi connectivity index (χ4v) is 9.76. The molecule has 0 unspecified atom stereocenters. The zero-order valence-corrected chi connectivity index (χ0v) is 36.2. The van der Waals surface area contributed by atoms with Crippen molar-refractivity contribution < 1.29 is 32.3 Å². The number of para-hydroxylation sites is 1. The second kappa shape index (κ2) is 17.4. The molecule has 13 nitrogen and oxygen atoms in total. The maximum absolute atomic E-state index is 14.9. The summed E-state index contributed by atoms with van der Waals surface area (Å²) in [5.74, 6) is -0.103. The van der Waals surface area contributed by atoms with Crippen LogP contribution < -0.4 is 19.5 Å². The fraction of sp³-hybridized carbons (Fsp3) is 0.477. The molecule has 4 aromatic rings. The number of methoxy groups -OCH3 is 1. The number of ketones is 1. The Kier molecular flexibility index (Phi) is 12.5. The van der Waals surface area contributed by atoms with E-state index in [4.69, 9.17) is 19.4 Å². The number of anilines is 1.